The lowest BCUT2D eigenvalue weighted by Crippen LogP contribution is -2.51. The number of anilines is 2. The fraction of sp³-hybridized carbons (Fsp3) is 0.238. The molecule has 3 aliphatic rings. The van der Waals surface area contributed by atoms with Crippen LogP contribution in [0.3, 0.4) is 0 Å². The molecule has 2 aromatic carbocycles. The topological polar surface area (TPSA) is 105 Å². The van der Waals surface area contributed by atoms with Gasteiger partial charge in [0.1, 0.15) is 5.54 Å². The highest BCUT2D eigenvalue weighted by Gasteiger charge is 2.67. The van der Waals surface area contributed by atoms with Gasteiger partial charge in [0.2, 0.25) is 17.7 Å². The molecule has 8 heteroatoms. The monoisotopic (exact) mass is 391 g/mol. The summed E-state index contributed by atoms with van der Waals surface area (Å²) >= 11 is 0. The number of esters is 1. The fourth-order valence-electron chi connectivity index (χ4n) is 4.75. The lowest BCUT2D eigenvalue weighted by Gasteiger charge is -2.28. The molecule has 0 aromatic heterocycles. The summed E-state index contributed by atoms with van der Waals surface area (Å²) in [7, 11) is 1.24. The quantitative estimate of drug-likeness (QED) is 0.585. The number of rotatable bonds is 2. The number of para-hydroxylation sites is 2. The lowest BCUT2D eigenvalue weighted by molar-refractivity contribution is -0.130. The van der Waals surface area contributed by atoms with Gasteiger partial charge in [0.05, 0.1) is 30.2 Å². The molecule has 0 saturated carbocycles. The van der Waals surface area contributed by atoms with Gasteiger partial charge in [-0.05, 0) is 18.2 Å². The van der Waals surface area contributed by atoms with Gasteiger partial charge in [0, 0.05) is 17.8 Å². The number of ether oxygens (including phenoxy) is 1. The molecule has 3 heterocycles. The SMILES string of the molecule is COC(=O)c1ccccc1N1C(=O)C2CNC3(C(=O)Nc4ccccc43)C2C1=O. The zero-order valence-corrected chi connectivity index (χ0v) is 15.5. The predicted octanol–water partition coefficient (Wildman–Crippen LogP) is 1.03. The van der Waals surface area contributed by atoms with Crippen LogP contribution >= 0.6 is 0 Å². The summed E-state index contributed by atoms with van der Waals surface area (Å²) in [6.07, 6.45) is 0. The van der Waals surface area contributed by atoms with Crippen LogP contribution in [0.2, 0.25) is 0 Å². The molecule has 8 nitrogen and oxygen atoms in total. The number of nitrogens with one attached hydrogen (secondary N) is 2. The number of benzene rings is 2. The minimum absolute atomic E-state index is 0.120. The molecule has 3 amide bonds. The van der Waals surface area contributed by atoms with E-state index in [2.05, 4.69) is 10.6 Å². The van der Waals surface area contributed by atoms with Crippen LogP contribution in [-0.2, 0) is 24.7 Å². The number of carbonyl (C=O) groups excluding carboxylic acids is 4. The molecular formula is C21H17N3O5. The van der Waals surface area contributed by atoms with E-state index in [1.54, 1.807) is 36.4 Å². The van der Waals surface area contributed by atoms with Gasteiger partial charge in [-0.2, -0.15) is 0 Å². The normalized spacial score (nSPS) is 27.2. The fourth-order valence-corrected chi connectivity index (χ4v) is 4.75. The second-order valence-electron chi connectivity index (χ2n) is 7.29. The second-order valence-corrected chi connectivity index (χ2v) is 7.29. The summed E-state index contributed by atoms with van der Waals surface area (Å²) in [5, 5.41) is 5.96. The van der Waals surface area contributed by atoms with Gasteiger partial charge in [-0.25, -0.2) is 9.69 Å². The molecular weight excluding hydrogens is 374 g/mol. The van der Waals surface area contributed by atoms with Crippen LogP contribution in [0.5, 0.6) is 0 Å². The van der Waals surface area contributed by atoms with Crippen LogP contribution in [0.4, 0.5) is 11.4 Å². The van der Waals surface area contributed by atoms with E-state index in [1.807, 2.05) is 0 Å². The van der Waals surface area contributed by atoms with Crippen molar-refractivity contribution in [3.05, 3.63) is 59.7 Å². The third-order valence-corrected chi connectivity index (χ3v) is 6.00. The Kier molecular flexibility index (Phi) is 3.63. The highest BCUT2D eigenvalue weighted by Crippen LogP contribution is 2.51. The van der Waals surface area contributed by atoms with Crippen LogP contribution in [-0.4, -0.2) is 37.3 Å². The summed E-state index contributed by atoms with van der Waals surface area (Å²) in [5.74, 6) is -3.54. The molecule has 5 rings (SSSR count). The smallest absolute Gasteiger partial charge is 0.339 e. The summed E-state index contributed by atoms with van der Waals surface area (Å²) in [5.41, 5.74) is 0.268. The predicted molar refractivity (Wildman–Crippen MR) is 102 cm³/mol. The molecule has 0 aliphatic carbocycles. The Morgan fingerprint density at radius 3 is 2.59 bits per heavy atom. The minimum Gasteiger partial charge on any atom is -0.465 e. The molecule has 2 fully saturated rings. The Hall–Kier alpha value is -3.52. The number of methoxy groups -OCH3 is 1. The summed E-state index contributed by atoms with van der Waals surface area (Å²) in [6.45, 7) is 0.188. The highest BCUT2D eigenvalue weighted by molar-refractivity contribution is 6.26. The van der Waals surface area contributed by atoms with E-state index < -0.39 is 35.2 Å². The van der Waals surface area contributed by atoms with Crippen LogP contribution < -0.4 is 15.5 Å². The first-order chi connectivity index (χ1) is 14.0. The van der Waals surface area contributed by atoms with E-state index >= 15 is 0 Å². The molecule has 0 radical (unpaired) electrons. The highest BCUT2D eigenvalue weighted by atomic mass is 16.5. The van der Waals surface area contributed by atoms with Gasteiger partial charge < -0.3 is 10.1 Å². The van der Waals surface area contributed by atoms with E-state index in [4.69, 9.17) is 4.74 Å². The Morgan fingerprint density at radius 2 is 1.79 bits per heavy atom. The van der Waals surface area contributed by atoms with Crippen molar-refractivity contribution in [1.29, 1.82) is 0 Å². The third-order valence-electron chi connectivity index (χ3n) is 6.00. The molecule has 2 saturated heterocycles. The van der Waals surface area contributed by atoms with E-state index in [0.717, 1.165) is 4.90 Å². The molecule has 29 heavy (non-hydrogen) atoms. The van der Waals surface area contributed by atoms with Crippen molar-refractivity contribution in [1.82, 2.24) is 5.32 Å². The van der Waals surface area contributed by atoms with Crippen molar-refractivity contribution in [3.63, 3.8) is 0 Å². The zero-order valence-electron chi connectivity index (χ0n) is 15.5. The Morgan fingerprint density at radius 1 is 1.07 bits per heavy atom. The second kappa shape index (κ2) is 5.99. The first-order valence-corrected chi connectivity index (χ1v) is 9.22. The molecule has 1 spiro atoms. The van der Waals surface area contributed by atoms with E-state index in [1.165, 1.54) is 19.2 Å². The van der Waals surface area contributed by atoms with Gasteiger partial charge >= 0.3 is 5.97 Å². The largest absolute Gasteiger partial charge is 0.465 e. The maximum Gasteiger partial charge on any atom is 0.339 e. The number of imide groups is 1. The van der Waals surface area contributed by atoms with Crippen LogP contribution in [0.25, 0.3) is 0 Å². The first kappa shape index (κ1) is 17.6. The van der Waals surface area contributed by atoms with Crippen molar-refractivity contribution in [2.45, 2.75) is 5.54 Å². The molecule has 2 aromatic rings. The Bertz CT molecular complexity index is 1100. The molecule has 3 aliphatic heterocycles. The van der Waals surface area contributed by atoms with Crippen molar-refractivity contribution in [2.75, 3.05) is 23.9 Å². The maximum atomic E-state index is 13.5. The average Bonchev–Trinajstić information content (AvgIpc) is 3.35. The van der Waals surface area contributed by atoms with E-state index in [9.17, 15) is 19.2 Å². The summed E-state index contributed by atoms with van der Waals surface area (Å²) in [4.78, 5) is 52.9. The van der Waals surface area contributed by atoms with Gasteiger partial charge in [0.15, 0.2) is 0 Å². The van der Waals surface area contributed by atoms with Crippen molar-refractivity contribution in [2.24, 2.45) is 11.8 Å². The van der Waals surface area contributed by atoms with Crippen LogP contribution in [0, 0.1) is 11.8 Å². The molecule has 146 valence electrons. The van der Waals surface area contributed by atoms with Crippen molar-refractivity contribution in [3.8, 4) is 0 Å². The maximum absolute atomic E-state index is 13.5. The van der Waals surface area contributed by atoms with Gasteiger partial charge in [-0.15, -0.1) is 0 Å². The molecule has 0 bridgehead atoms. The molecule has 3 unspecified atom stereocenters. The van der Waals surface area contributed by atoms with Crippen molar-refractivity contribution >= 4 is 35.1 Å². The average molecular weight is 391 g/mol. The van der Waals surface area contributed by atoms with Crippen LogP contribution in [0.15, 0.2) is 48.5 Å². The number of amides is 3. The molecule has 2 N–H and O–H groups in total. The standard InChI is InChI=1S/C21H17N3O5/c1-29-19(27)11-6-2-5-9-15(11)24-17(25)12-10-22-21(16(12)18(24)26)13-7-3-4-8-14(13)23-20(21)28/h2-9,12,16,22H,10H2,1H3,(H,23,28). The molecule has 3 atom stereocenters. The minimum atomic E-state index is -1.30. The number of nitrogens with zero attached hydrogens (tertiary/aromatic N) is 1. The Balaban J connectivity index is 1.63. The van der Waals surface area contributed by atoms with Gasteiger partial charge in [0.25, 0.3) is 0 Å². The first-order valence-electron chi connectivity index (χ1n) is 9.22. The number of carbonyl (C=O) groups is 4. The lowest BCUT2D eigenvalue weighted by atomic mass is 9.77. The van der Waals surface area contributed by atoms with Crippen LogP contribution in [0.1, 0.15) is 15.9 Å². The Labute approximate surface area is 165 Å². The third kappa shape index (κ3) is 2.11. The van der Waals surface area contributed by atoms with E-state index in [-0.39, 0.29) is 23.7 Å². The number of hydrogen-bond acceptors (Lipinski definition) is 6. The van der Waals surface area contributed by atoms with Gasteiger partial charge in [-0.1, -0.05) is 30.3 Å². The summed E-state index contributed by atoms with van der Waals surface area (Å²) in [6, 6.07) is 13.4. The number of fused-ring (bicyclic) bond motifs is 4. The number of hydrogen-bond donors (Lipinski definition) is 2. The zero-order chi connectivity index (χ0) is 20.3. The summed E-state index contributed by atoms with van der Waals surface area (Å²) < 4.78 is 4.79. The van der Waals surface area contributed by atoms with Crippen molar-refractivity contribution < 1.29 is 23.9 Å². The van der Waals surface area contributed by atoms with E-state index in [0.29, 0.717) is 11.3 Å². The van der Waals surface area contributed by atoms with Gasteiger partial charge in [-0.3, -0.25) is 19.7 Å².